The van der Waals surface area contributed by atoms with Gasteiger partial charge < -0.3 is 9.97 Å². The maximum Gasteiger partial charge on any atom is 0.323 e. The van der Waals surface area contributed by atoms with Gasteiger partial charge in [0.15, 0.2) is 0 Å². The number of nitrogens with one attached hydrogen (secondary N) is 2. The molecule has 11 heteroatoms. The molecule has 0 fully saturated rings. The van der Waals surface area contributed by atoms with Crippen molar-refractivity contribution >= 4 is 22.1 Å². The summed E-state index contributed by atoms with van der Waals surface area (Å²) in [5.74, 6) is -0.385. The van der Waals surface area contributed by atoms with E-state index >= 15 is 0 Å². The van der Waals surface area contributed by atoms with Gasteiger partial charge in [0.25, 0.3) is 0 Å². The van der Waals surface area contributed by atoms with Crippen LogP contribution in [0.4, 0.5) is 4.39 Å². The van der Waals surface area contributed by atoms with Gasteiger partial charge in [-0.2, -0.15) is 5.10 Å². The lowest BCUT2D eigenvalue weighted by Gasteiger charge is -2.08. The number of hydrogen-bond acceptors (Lipinski definition) is 6. The van der Waals surface area contributed by atoms with Crippen LogP contribution in [0.25, 0.3) is 39.1 Å². The fourth-order valence-electron chi connectivity index (χ4n) is 3.64. The highest BCUT2D eigenvalue weighted by atomic mass is 19.1. The maximum absolute atomic E-state index is 13.2. The summed E-state index contributed by atoms with van der Waals surface area (Å²) in [6.45, 7) is 0.372. The molecule has 2 N–H and O–H groups in total. The first-order valence-corrected chi connectivity index (χ1v) is 9.70. The molecule has 0 aliphatic carbocycles. The number of pyridine rings is 2. The molecule has 156 valence electrons. The zero-order valence-corrected chi connectivity index (χ0v) is 16.4. The Bertz CT molecular complexity index is 1640. The molecule has 0 bridgehead atoms. The van der Waals surface area contributed by atoms with Crippen LogP contribution in [0.15, 0.2) is 65.8 Å². The van der Waals surface area contributed by atoms with Crippen LogP contribution in [0, 0.1) is 5.82 Å². The highest BCUT2D eigenvalue weighted by Crippen LogP contribution is 2.24. The third-order valence-electron chi connectivity index (χ3n) is 5.16. The Kier molecular flexibility index (Phi) is 3.93. The number of rotatable bonds is 4. The van der Waals surface area contributed by atoms with Crippen LogP contribution in [-0.2, 0) is 6.54 Å². The maximum atomic E-state index is 13.2. The van der Waals surface area contributed by atoms with E-state index in [1.54, 1.807) is 27.8 Å². The quantitative estimate of drug-likeness (QED) is 0.445. The highest BCUT2D eigenvalue weighted by Gasteiger charge is 2.14. The first-order chi connectivity index (χ1) is 15.6. The summed E-state index contributed by atoms with van der Waals surface area (Å²) in [7, 11) is 0. The number of aromatic amines is 2. The number of H-pyrrole nitrogens is 2. The third kappa shape index (κ3) is 3.03. The molecule has 0 unspecified atom stereocenters. The Morgan fingerprint density at radius 1 is 0.969 bits per heavy atom. The minimum atomic E-state index is -0.385. The molecule has 5 heterocycles. The Hall–Kier alpha value is -4.67. The first-order valence-electron chi connectivity index (χ1n) is 9.70. The second-order valence-corrected chi connectivity index (χ2v) is 7.21. The number of nitrogens with zero attached hydrogens (tertiary/aromatic N) is 7. The molecule has 0 amide bonds. The number of halogens is 1. The normalized spacial score (nSPS) is 11.5. The highest BCUT2D eigenvalue weighted by molar-refractivity contribution is 5.82. The molecule has 0 spiro atoms. The Balaban J connectivity index is 1.42. The summed E-state index contributed by atoms with van der Waals surface area (Å²) >= 11 is 0. The number of imidazole rings is 1. The SMILES string of the molecule is O=c1[nH]c2ccc(-n3nnc4cnc(-c5ccnn5Cc5ccc(F)cn5)cc43)cc2[nH]1. The van der Waals surface area contributed by atoms with Gasteiger partial charge in [0.05, 0.1) is 58.3 Å². The van der Waals surface area contributed by atoms with Crippen molar-refractivity contribution in [2.45, 2.75) is 6.54 Å². The second-order valence-electron chi connectivity index (χ2n) is 7.21. The van der Waals surface area contributed by atoms with Crippen molar-refractivity contribution in [1.82, 2.24) is 44.7 Å². The van der Waals surface area contributed by atoms with E-state index in [0.29, 0.717) is 34.5 Å². The van der Waals surface area contributed by atoms with Crippen LogP contribution < -0.4 is 5.69 Å². The van der Waals surface area contributed by atoms with Crippen molar-refractivity contribution in [1.29, 1.82) is 0 Å². The average Bonchev–Trinajstić information content (AvgIpc) is 3.51. The van der Waals surface area contributed by atoms with Crippen molar-refractivity contribution in [3.63, 3.8) is 0 Å². The minimum Gasteiger partial charge on any atom is -0.306 e. The smallest absolute Gasteiger partial charge is 0.306 e. The van der Waals surface area contributed by atoms with Crippen molar-refractivity contribution in [2.75, 3.05) is 0 Å². The standard InChI is InChI=1S/C21H14FN9O/c22-12-1-2-13(23-9-12)11-30-19(5-6-25-30)17-8-20-18(10-24-17)28-29-31(20)14-3-4-15-16(7-14)27-21(32)26-15/h1-10H,11H2,(H2,26,27,32). The lowest BCUT2D eigenvalue weighted by molar-refractivity contribution is 0.613. The summed E-state index contributed by atoms with van der Waals surface area (Å²) in [6, 6.07) is 12.2. The van der Waals surface area contributed by atoms with E-state index in [-0.39, 0.29) is 11.5 Å². The van der Waals surface area contributed by atoms with Crippen LogP contribution in [-0.4, -0.2) is 44.7 Å². The zero-order chi connectivity index (χ0) is 21.7. The van der Waals surface area contributed by atoms with Crippen LogP contribution in [0.1, 0.15) is 5.69 Å². The van der Waals surface area contributed by atoms with Gasteiger partial charge in [-0.1, -0.05) is 5.21 Å². The molecule has 0 aliphatic rings. The van der Waals surface area contributed by atoms with E-state index in [1.807, 2.05) is 30.3 Å². The summed E-state index contributed by atoms with van der Waals surface area (Å²) < 4.78 is 16.6. The lowest BCUT2D eigenvalue weighted by atomic mass is 10.2. The largest absolute Gasteiger partial charge is 0.323 e. The van der Waals surface area contributed by atoms with E-state index in [4.69, 9.17) is 0 Å². The zero-order valence-electron chi connectivity index (χ0n) is 16.4. The molecule has 0 aliphatic heterocycles. The van der Waals surface area contributed by atoms with E-state index in [2.05, 4.69) is 35.3 Å². The molecule has 5 aromatic heterocycles. The van der Waals surface area contributed by atoms with E-state index in [9.17, 15) is 9.18 Å². The topological polar surface area (TPSA) is 123 Å². The predicted octanol–water partition coefficient (Wildman–Crippen LogP) is 2.43. The van der Waals surface area contributed by atoms with Gasteiger partial charge in [-0.25, -0.2) is 13.9 Å². The molecule has 32 heavy (non-hydrogen) atoms. The molecule has 0 atom stereocenters. The van der Waals surface area contributed by atoms with Gasteiger partial charge in [-0.05, 0) is 42.5 Å². The molecular formula is C21H14FN9O. The Morgan fingerprint density at radius 2 is 1.88 bits per heavy atom. The summed E-state index contributed by atoms with van der Waals surface area (Å²) in [5.41, 5.74) is 5.38. The fraction of sp³-hybridized carbons (Fsp3) is 0.0476. The molecule has 6 rings (SSSR count). The van der Waals surface area contributed by atoms with Gasteiger partial charge >= 0.3 is 5.69 Å². The average molecular weight is 427 g/mol. The lowest BCUT2D eigenvalue weighted by Crippen LogP contribution is -2.06. The van der Waals surface area contributed by atoms with Gasteiger partial charge in [0, 0.05) is 6.20 Å². The minimum absolute atomic E-state index is 0.268. The van der Waals surface area contributed by atoms with Crippen molar-refractivity contribution in [2.24, 2.45) is 0 Å². The Morgan fingerprint density at radius 3 is 2.75 bits per heavy atom. The predicted molar refractivity (Wildman–Crippen MR) is 114 cm³/mol. The van der Waals surface area contributed by atoms with Gasteiger partial charge in [-0.15, -0.1) is 5.10 Å². The molecule has 6 aromatic rings. The summed E-state index contributed by atoms with van der Waals surface area (Å²) in [4.78, 5) is 25.7. The van der Waals surface area contributed by atoms with Crippen LogP contribution >= 0.6 is 0 Å². The third-order valence-corrected chi connectivity index (χ3v) is 5.16. The van der Waals surface area contributed by atoms with Crippen molar-refractivity contribution in [3.05, 3.63) is 83.1 Å². The molecular weight excluding hydrogens is 413 g/mol. The number of benzene rings is 1. The van der Waals surface area contributed by atoms with Gasteiger partial charge in [0.1, 0.15) is 11.3 Å². The van der Waals surface area contributed by atoms with Crippen LogP contribution in [0.2, 0.25) is 0 Å². The van der Waals surface area contributed by atoms with Gasteiger partial charge in [-0.3, -0.25) is 14.6 Å². The van der Waals surface area contributed by atoms with Gasteiger partial charge in [0.2, 0.25) is 0 Å². The molecule has 0 radical (unpaired) electrons. The van der Waals surface area contributed by atoms with Crippen LogP contribution in [0.3, 0.4) is 0 Å². The summed E-state index contributed by atoms with van der Waals surface area (Å²) in [5, 5.41) is 12.8. The second kappa shape index (κ2) is 6.94. The molecule has 0 saturated carbocycles. The first kappa shape index (κ1) is 18.1. The Labute approximate surface area is 178 Å². The molecule has 0 saturated heterocycles. The van der Waals surface area contributed by atoms with E-state index in [0.717, 1.165) is 16.9 Å². The fourth-order valence-corrected chi connectivity index (χ4v) is 3.64. The van der Waals surface area contributed by atoms with Crippen LogP contribution in [0.5, 0.6) is 0 Å². The van der Waals surface area contributed by atoms with E-state index < -0.39 is 0 Å². The van der Waals surface area contributed by atoms with E-state index in [1.165, 1.54) is 12.3 Å². The molecule has 1 aromatic carbocycles. The van der Waals surface area contributed by atoms with Crippen molar-refractivity contribution in [3.8, 4) is 17.1 Å². The van der Waals surface area contributed by atoms with Crippen molar-refractivity contribution < 1.29 is 4.39 Å². The monoisotopic (exact) mass is 427 g/mol. The molecule has 10 nitrogen and oxygen atoms in total. The number of aromatic nitrogens is 9. The summed E-state index contributed by atoms with van der Waals surface area (Å²) in [6.07, 6.45) is 4.51. The number of hydrogen-bond donors (Lipinski definition) is 2. The number of fused-ring (bicyclic) bond motifs is 2.